The van der Waals surface area contributed by atoms with Crippen molar-refractivity contribution in [2.24, 2.45) is 0 Å². The molecule has 0 unspecified atom stereocenters. The number of benzene rings is 1. The molecule has 0 atom stereocenters. The Hall–Kier alpha value is -2.21. The number of fused-ring (bicyclic) bond motifs is 1. The Kier molecular flexibility index (Phi) is 3.96. The Morgan fingerprint density at radius 2 is 2.10 bits per heavy atom. The number of anilines is 1. The van der Waals surface area contributed by atoms with Gasteiger partial charge in [-0.3, -0.25) is 4.57 Å². The molecular weight excluding hydrogens is 284 g/mol. The van der Waals surface area contributed by atoms with Crippen LogP contribution in [-0.4, -0.2) is 20.3 Å². The number of imidazole rings is 1. The van der Waals surface area contributed by atoms with Gasteiger partial charge >= 0.3 is 5.69 Å². The lowest BCUT2D eigenvalue weighted by Gasteiger charge is -2.03. The summed E-state index contributed by atoms with van der Waals surface area (Å²) in [6.45, 7) is 0.699. The third-order valence-electron chi connectivity index (χ3n) is 3.22. The SMILES string of the molecule is Nc1ccc(SCCCn2c(=O)[nH]c3ccccc32)nc1. The van der Waals surface area contributed by atoms with E-state index in [1.54, 1.807) is 22.5 Å². The lowest BCUT2D eigenvalue weighted by Crippen LogP contribution is -2.17. The fraction of sp³-hybridized carbons (Fsp3) is 0.200. The molecule has 0 aliphatic carbocycles. The van der Waals surface area contributed by atoms with Crippen LogP contribution < -0.4 is 11.4 Å². The second-order valence-corrected chi connectivity index (χ2v) is 5.85. The predicted molar refractivity (Wildman–Crippen MR) is 86.5 cm³/mol. The van der Waals surface area contributed by atoms with Crippen molar-refractivity contribution in [2.75, 3.05) is 11.5 Å². The summed E-state index contributed by atoms with van der Waals surface area (Å²) >= 11 is 1.67. The minimum Gasteiger partial charge on any atom is -0.397 e. The highest BCUT2D eigenvalue weighted by molar-refractivity contribution is 7.99. The van der Waals surface area contributed by atoms with Crippen LogP contribution in [0.4, 0.5) is 5.69 Å². The minimum atomic E-state index is -0.0493. The van der Waals surface area contributed by atoms with Crippen molar-refractivity contribution in [1.82, 2.24) is 14.5 Å². The molecule has 0 bridgehead atoms. The van der Waals surface area contributed by atoms with Crippen molar-refractivity contribution < 1.29 is 0 Å². The molecule has 0 spiro atoms. The van der Waals surface area contributed by atoms with Gasteiger partial charge in [0.25, 0.3) is 0 Å². The van der Waals surface area contributed by atoms with Gasteiger partial charge in [0.15, 0.2) is 0 Å². The Morgan fingerprint density at radius 1 is 1.24 bits per heavy atom. The second-order valence-electron chi connectivity index (χ2n) is 4.73. The van der Waals surface area contributed by atoms with Gasteiger partial charge in [-0.05, 0) is 30.7 Å². The molecule has 3 N–H and O–H groups in total. The summed E-state index contributed by atoms with van der Waals surface area (Å²) in [4.78, 5) is 19.0. The fourth-order valence-corrected chi connectivity index (χ4v) is 2.98. The molecule has 0 radical (unpaired) electrons. The van der Waals surface area contributed by atoms with Crippen LogP contribution in [0, 0.1) is 0 Å². The molecule has 5 nitrogen and oxygen atoms in total. The number of hydrogen-bond donors (Lipinski definition) is 2. The molecule has 1 aromatic carbocycles. The van der Waals surface area contributed by atoms with Gasteiger partial charge in [-0.25, -0.2) is 9.78 Å². The fourth-order valence-electron chi connectivity index (χ4n) is 2.21. The molecule has 3 aromatic rings. The monoisotopic (exact) mass is 300 g/mol. The van der Waals surface area contributed by atoms with Crippen molar-refractivity contribution in [3.05, 3.63) is 53.1 Å². The third-order valence-corrected chi connectivity index (χ3v) is 4.25. The molecule has 108 valence electrons. The quantitative estimate of drug-likeness (QED) is 0.560. The number of nitrogen functional groups attached to an aromatic ring is 1. The standard InChI is InChI=1S/C15H16N4OS/c16-11-6-7-14(17-10-11)21-9-3-8-19-13-5-2-1-4-12(13)18-15(19)20/h1-2,4-7,10H,3,8-9,16H2,(H,18,20). The van der Waals surface area contributed by atoms with E-state index in [4.69, 9.17) is 5.73 Å². The highest BCUT2D eigenvalue weighted by Gasteiger charge is 2.05. The molecule has 0 aliphatic heterocycles. The van der Waals surface area contributed by atoms with E-state index in [2.05, 4.69) is 9.97 Å². The number of nitrogens with one attached hydrogen (secondary N) is 1. The van der Waals surface area contributed by atoms with E-state index < -0.39 is 0 Å². The van der Waals surface area contributed by atoms with E-state index in [1.165, 1.54) is 0 Å². The molecule has 2 aromatic heterocycles. The molecule has 0 fully saturated rings. The van der Waals surface area contributed by atoms with Crippen LogP contribution >= 0.6 is 11.8 Å². The maximum atomic E-state index is 11.9. The zero-order chi connectivity index (χ0) is 14.7. The van der Waals surface area contributed by atoms with Crippen LogP contribution in [0.25, 0.3) is 11.0 Å². The summed E-state index contributed by atoms with van der Waals surface area (Å²) in [6.07, 6.45) is 2.56. The summed E-state index contributed by atoms with van der Waals surface area (Å²) in [7, 11) is 0. The highest BCUT2D eigenvalue weighted by Crippen LogP contribution is 2.17. The van der Waals surface area contributed by atoms with Crippen LogP contribution in [0.15, 0.2) is 52.4 Å². The average Bonchev–Trinajstić information content (AvgIpc) is 2.81. The molecule has 6 heteroatoms. The Morgan fingerprint density at radius 3 is 2.90 bits per heavy atom. The van der Waals surface area contributed by atoms with Gasteiger partial charge in [-0.2, -0.15) is 0 Å². The number of rotatable bonds is 5. The normalized spacial score (nSPS) is 11.0. The van der Waals surface area contributed by atoms with Gasteiger partial charge < -0.3 is 10.7 Å². The number of nitrogens with two attached hydrogens (primary N) is 1. The van der Waals surface area contributed by atoms with Crippen LogP contribution in [-0.2, 0) is 6.54 Å². The van der Waals surface area contributed by atoms with Gasteiger partial charge in [0.1, 0.15) is 0 Å². The number of thioether (sulfide) groups is 1. The van der Waals surface area contributed by atoms with Gasteiger partial charge in [0.05, 0.1) is 27.9 Å². The highest BCUT2D eigenvalue weighted by atomic mass is 32.2. The molecule has 21 heavy (non-hydrogen) atoms. The van der Waals surface area contributed by atoms with Gasteiger partial charge in [0, 0.05) is 12.3 Å². The summed E-state index contributed by atoms with van der Waals surface area (Å²) in [6, 6.07) is 11.5. The Bertz CT molecular complexity index is 791. The first-order valence-corrected chi connectivity index (χ1v) is 7.74. The second kappa shape index (κ2) is 6.05. The van der Waals surface area contributed by atoms with Gasteiger partial charge in [0.2, 0.25) is 0 Å². The van der Waals surface area contributed by atoms with E-state index in [9.17, 15) is 4.79 Å². The number of aromatic amines is 1. The summed E-state index contributed by atoms with van der Waals surface area (Å²) in [5.74, 6) is 0.906. The first kappa shape index (κ1) is 13.8. The van der Waals surface area contributed by atoms with Gasteiger partial charge in [-0.1, -0.05) is 12.1 Å². The number of aryl methyl sites for hydroxylation is 1. The van der Waals surface area contributed by atoms with Crippen LogP contribution in [0.3, 0.4) is 0 Å². The molecule has 0 aliphatic rings. The van der Waals surface area contributed by atoms with Crippen LogP contribution in [0.2, 0.25) is 0 Å². The maximum Gasteiger partial charge on any atom is 0.326 e. The van der Waals surface area contributed by atoms with E-state index in [-0.39, 0.29) is 5.69 Å². The largest absolute Gasteiger partial charge is 0.397 e. The molecular formula is C15H16N4OS. The molecule has 0 amide bonds. The molecule has 0 saturated heterocycles. The topological polar surface area (TPSA) is 76.7 Å². The third kappa shape index (κ3) is 3.11. The van der Waals surface area contributed by atoms with E-state index in [0.717, 1.165) is 28.2 Å². The van der Waals surface area contributed by atoms with Crippen molar-refractivity contribution in [2.45, 2.75) is 18.0 Å². The number of H-pyrrole nitrogens is 1. The van der Waals surface area contributed by atoms with Crippen molar-refractivity contribution in [3.63, 3.8) is 0 Å². The van der Waals surface area contributed by atoms with Crippen molar-refractivity contribution >= 4 is 28.5 Å². The first-order chi connectivity index (χ1) is 10.2. The summed E-state index contributed by atoms with van der Waals surface area (Å²) in [5, 5.41) is 0.954. The van der Waals surface area contributed by atoms with Crippen molar-refractivity contribution in [1.29, 1.82) is 0 Å². The zero-order valence-electron chi connectivity index (χ0n) is 11.5. The molecule has 2 heterocycles. The number of hydrogen-bond acceptors (Lipinski definition) is 4. The predicted octanol–water partition coefficient (Wildman–Crippen LogP) is 2.49. The number of aromatic nitrogens is 3. The number of pyridine rings is 1. The summed E-state index contributed by atoms with van der Waals surface area (Å²) < 4.78 is 1.78. The lowest BCUT2D eigenvalue weighted by atomic mass is 10.3. The Balaban J connectivity index is 1.61. The molecule has 0 saturated carbocycles. The van der Waals surface area contributed by atoms with Gasteiger partial charge in [-0.15, -0.1) is 11.8 Å². The summed E-state index contributed by atoms with van der Waals surface area (Å²) in [5.41, 5.74) is 8.06. The average molecular weight is 300 g/mol. The van der Waals surface area contributed by atoms with E-state index in [0.29, 0.717) is 12.2 Å². The van der Waals surface area contributed by atoms with E-state index in [1.807, 2.05) is 36.4 Å². The molecule has 3 rings (SSSR count). The smallest absolute Gasteiger partial charge is 0.326 e. The maximum absolute atomic E-state index is 11.9. The number of para-hydroxylation sites is 2. The van der Waals surface area contributed by atoms with E-state index >= 15 is 0 Å². The zero-order valence-corrected chi connectivity index (χ0v) is 12.3. The lowest BCUT2D eigenvalue weighted by molar-refractivity contribution is 0.679. The Labute approximate surface area is 126 Å². The van der Waals surface area contributed by atoms with Crippen LogP contribution in [0.5, 0.6) is 0 Å². The number of nitrogens with zero attached hydrogens (tertiary/aromatic N) is 2. The minimum absolute atomic E-state index is 0.0493. The van der Waals surface area contributed by atoms with Crippen LogP contribution in [0.1, 0.15) is 6.42 Å². The first-order valence-electron chi connectivity index (χ1n) is 6.76. The van der Waals surface area contributed by atoms with Crippen molar-refractivity contribution in [3.8, 4) is 0 Å².